The van der Waals surface area contributed by atoms with Crippen LogP contribution >= 0.6 is 0 Å². The van der Waals surface area contributed by atoms with Crippen LogP contribution in [0.1, 0.15) is 32.6 Å². The van der Waals surface area contributed by atoms with Crippen molar-refractivity contribution in [2.24, 2.45) is 5.92 Å². The first-order chi connectivity index (χ1) is 11.0. The van der Waals surface area contributed by atoms with Gasteiger partial charge in [-0.15, -0.1) is 0 Å². The third kappa shape index (κ3) is 4.92. The molecule has 0 bridgehead atoms. The van der Waals surface area contributed by atoms with E-state index in [1.54, 1.807) is 0 Å². The number of carbonyl (C=O) groups is 1. The summed E-state index contributed by atoms with van der Waals surface area (Å²) in [5.41, 5.74) is 0.386. The lowest BCUT2D eigenvalue weighted by Crippen LogP contribution is -2.92. The van der Waals surface area contributed by atoms with Crippen molar-refractivity contribution in [3.63, 3.8) is 0 Å². The number of nitrogens with one attached hydrogen (secondary N) is 1. The van der Waals surface area contributed by atoms with Gasteiger partial charge in [-0.2, -0.15) is 0 Å². The third-order valence-electron chi connectivity index (χ3n) is 4.37. The third-order valence-corrected chi connectivity index (χ3v) is 4.37. The van der Waals surface area contributed by atoms with Crippen LogP contribution in [0.4, 0.5) is 11.4 Å². The summed E-state index contributed by atoms with van der Waals surface area (Å²) in [6, 6.07) is 4.67. The smallest absolute Gasteiger partial charge is 0.279 e. The van der Waals surface area contributed by atoms with Crippen molar-refractivity contribution in [2.45, 2.75) is 38.6 Å². The van der Waals surface area contributed by atoms with Crippen LogP contribution in [0, 0.1) is 16.0 Å². The van der Waals surface area contributed by atoms with Gasteiger partial charge in [-0.25, -0.2) is 0 Å². The maximum absolute atomic E-state index is 12.1. The molecule has 126 valence electrons. The van der Waals surface area contributed by atoms with Crippen molar-refractivity contribution in [2.75, 3.05) is 19.0 Å². The SMILES string of the molecule is COc1cc([N+](=O)[O-])ccc1NC(=O)C[NH2+]C1CCC(C)CC1. The van der Waals surface area contributed by atoms with Gasteiger partial charge in [-0.3, -0.25) is 14.9 Å². The minimum absolute atomic E-state index is 0.0669. The largest absolute Gasteiger partial charge is 0.494 e. The number of nitrogens with zero attached hydrogens (tertiary/aromatic N) is 1. The molecule has 1 aliphatic rings. The highest BCUT2D eigenvalue weighted by Gasteiger charge is 2.21. The number of methoxy groups -OCH3 is 1. The molecule has 23 heavy (non-hydrogen) atoms. The van der Waals surface area contributed by atoms with E-state index in [2.05, 4.69) is 17.6 Å². The summed E-state index contributed by atoms with van der Waals surface area (Å²) in [6.07, 6.45) is 4.74. The molecule has 1 amide bonds. The van der Waals surface area contributed by atoms with Crippen LogP contribution in [0.3, 0.4) is 0 Å². The molecule has 7 heteroatoms. The summed E-state index contributed by atoms with van der Waals surface area (Å²) in [7, 11) is 1.42. The van der Waals surface area contributed by atoms with Crippen LogP contribution in [-0.4, -0.2) is 30.5 Å². The Labute approximate surface area is 135 Å². The van der Waals surface area contributed by atoms with E-state index >= 15 is 0 Å². The number of hydrogen-bond acceptors (Lipinski definition) is 4. The number of non-ortho nitro benzene ring substituents is 1. The van der Waals surface area contributed by atoms with E-state index in [0.29, 0.717) is 24.0 Å². The Hall–Kier alpha value is -2.15. The van der Waals surface area contributed by atoms with Gasteiger partial charge in [0.2, 0.25) is 0 Å². The van der Waals surface area contributed by atoms with Crippen molar-refractivity contribution >= 4 is 17.3 Å². The standard InChI is InChI=1S/C16H23N3O4/c1-11-3-5-12(6-4-11)17-10-16(20)18-14-8-7-13(19(21)22)9-15(14)23-2/h7-9,11-12,17H,3-6,10H2,1-2H3,(H,18,20)/p+1. The monoisotopic (exact) mass is 322 g/mol. The fourth-order valence-electron chi connectivity index (χ4n) is 2.89. The molecule has 0 spiro atoms. The predicted molar refractivity (Wildman–Crippen MR) is 86.5 cm³/mol. The van der Waals surface area contributed by atoms with Gasteiger partial charge in [0.05, 0.1) is 29.8 Å². The fraction of sp³-hybridized carbons (Fsp3) is 0.562. The number of amides is 1. The molecule has 0 atom stereocenters. The zero-order chi connectivity index (χ0) is 16.8. The molecule has 0 aliphatic heterocycles. The zero-order valence-electron chi connectivity index (χ0n) is 13.6. The first kappa shape index (κ1) is 17.2. The van der Waals surface area contributed by atoms with Crippen LogP contribution in [-0.2, 0) is 4.79 Å². The average molecular weight is 322 g/mol. The second-order valence-electron chi connectivity index (χ2n) is 6.15. The van der Waals surface area contributed by atoms with Crippen molar-refractivity contribution in [3.05, 3.63) is 28.3 Å². The number of benzene rings is 1. The number of ether oxygens (including phenoxy) is 1. The first-order valence-corrected chi connectivity index (χ1v) is 7.95. The molecular weight excluding hydrogens is 298 g/mol. The minimum atomic E-state index is -0.494. The molecule has 1 aromatic rings. The molecule has 0 unspecified atom stereocenters. The summed E-state index contributed by atoms with van der Waals surface area (Å²) >= 11 is 0. The molecule has 2 rings (SSSR count). The topological polar surface area (TPSA) is 98.1 Å². The van der Waals surface area contributed by atoms with Gasteiger partial charge in [0.15, 0.2) is 6.54 Å². The molecule has 0 heterocycles. The second-order valence-corrected chi connectivity index (χ2v) is 6.15. The molecule has 7 nitrogen and oxygen atoms in total. The van der Waals surface area contributed by atoms with Crippen molar-refractivity contribution in [1.29, 1.82) is 0 Å². The van der Waals surface area contributed by atoms with E-state index in [1.807, 2.05) is 0 Å². The van der Waals surface area contributed by atoms with Crippen LogP contribution in [0.5, 0.6) is 5.75 Å². The summed E-state index contributed by atoms with van der Waals surface area (Å²) in [6.45, 7) is 2.61. The number of nitro benzene ring substituents is 1. The minimum Gasteiger partial charge on any atom is -0.494 e. The van der Waals surface area contributed by atoms with Crippen LogP contribution in [0.15, 0.2) is 18.2 Å². The number of carbonyl (C=O) groups excluding carboxylic acids is 1. The Kier molecular flexibility index (Phi) is 5.92. The Balaban J connectivity index is 1.88. The molecule has 0 aromatic heterocycles. The van der Waals surface area contributed by atoms with Crippen molar-refractivity contribution in [1.82, 2.24) is 0 Å². The number of rotatable bonds is 6. The van der Waals surface area contributed by atoms with Gasteiger partial charge in [-0.05, 0) is 37.7 Å². The zero-order valence-corrected chi connectivity index (χ0v) is 13.6. The summed E-state index contributed by atoms with van der Waals surface area (Å²) in [5.74, 6) is 0.952. The molecular formula is C16H24N3O4+. The van der Waals surface area contributed by atoms with Crippen molar-refractivity contribution in [3.8, 4) is 5.75 Å². The molecule has 0 saturated heterocycles. The second kappa shape index (κ2) is 7.92. The number of quaternary nitrogens is 1. The van der Waals surface area contributed by atoms with E-state index in [9.17, 15) is 14.9 Å². The predicted octanol–water partition coefficient (Wildman–Crippen LogP) is 1.68. The fourth-order valence-corrected chi connectivity index (χ4v) is 2.89. The first-order valence-electron chi connectivity index (χ1n) is 7.95. The van der Waals surface area contributed by atoms with Crippen LogP contribution in [0.25, 0.3) is 0 Å². The molecule has 3 N–H and O–H groups in total. The lowest BCUT2D eigenvalue weighted by molar-refractivity contribution is -0.681. The Morgan fingerprint density at radius 2 is 2.09 bits per heavy atom. The number of anilines is 1. The Morgan fingerprint density at radius 1 is 1.39 bits per heavy atom. The lowest BCUT2D eigenvalue weighted by atomic mass is 9.87. The van der Waals surface area contributed by atoms with Gasteiger partial charge >= 0.3 is 0 Å². The Bertz CT molecular complexity index is 568. The van der Waals surface area contributed by atoms with E-state index < -0.39 is 4.92 Å². The van der Waals surface area contributed by atoms with Gasteiger partial charge in [0.1, 0.15) is 5.75 Å². The number of nitro groups is 1. The summed E-state index contributed by atoms with van der Waals surface area (Å²) < 4.78 is 5.11. The molecule has 1 saturated carbocycles. The Morgan fingerprint density at radius 3 is 2.70 bits per heavy atom. The highest BCUT2D eigenvalue weighted by molar-refractivity contribution is 5.93. The number of hydrogen-bond donors (Lipinski definition) is 2. The molecule has 1 aromatic carbocycles. The van der Waals surface area contributed by atoms with Gasteiger partial charge in [0.25, 0.3) is 11.6 Å². The van der Waals surface area contributed by atoms with Gasteiger partial charge < -0.3 is 15.4 Å². The van der Waals surface area contributed by atoms with Gasteiger partial charge in [-0.1, -0.05) is 6.92 Å². The quantitative estimate of drug-likeness (QED) is 0.615. The summed E-state index contributed by atoms with van der Waals surface area (Å²) in [4.78, 5) is 22.3. The van der Waals surface area contributed by atoms with Crippen molar-refractivity contribution < 1.29 is 19.8 Å². The van der Waals surface area contributed by atoms with E-state index in [-0.39, 0.29) is 11.6 Å². The molecule has 1 fully saturated rings. The van der Waals surface area contributed by atoms with Gasteiger partial charge in [0, 0.05) is 6.07 Å². The lowest BCUT2D eigenvalue weighted by Gasteiger charge is -2.24. The van der Waals surface area contributed by atoms with Crippen LogP contribution in [0.2, 0.25) is 0 Å². The normalized spacial score (nSPS) is 20.8. The van der Waals surface area contributed by atoms with Crippen LogP contribution < -0.4 is 15.4 Å². The maximum Gasteiger partial charge on any atom is 0.279 e. The van der Waals surface area contributed by atoms with E-state index in [4.69, 9.17) is 4.74 Å². The highest BCUT2D eigenvalue weighted by Crippen LogP contribution is 2.28. The maximum atomic E-state index is 12.1. The molecule has 1 aliphatic carbocycles. The number of nitrogens with two attached hydrogens (primary N) is 1. The average Bonchev–Trinajstić information content (AvgIpc) is 2.54. The van der Waals surface area contributed by atoms with E-state index in [0.717, 1.165) is 18.8 Å². The molecule has 0 radical (unpaired) electrons. The summed E-state index contributed by atoms with van der Waals surface area (Å²) in [5, 5.41) is 15.6. The highest BCUT2D eigenvalue weighted by atomic mass is 16.6. The van der Waals surface area contributed by atoms with E-state index in [1.165, 1.54) is 38.2 Å².